The number of carbonyl (C=O) groups excluding carboxylic acids is 1. The maximum atomic E-state index is 12.8. The molecule has 1 aromatic heterocycles. The number of amides is 1. The number of aromatic nitrogens is 1. The highest BCUT2D eigenvalue weighted by Gasteiger charge is 2.15. The van der Waals surface area contributed by atoms with Gasteiger partial charge in [0.05, 0.1) is 34.8 Å². The number of para-hydroxylation sites is 1. The van der Waals surface area contributed by atoms with Crippen LogP contribution in [0.25, 0.3) is 0 Å². The molecule has 2 aromatic carbocycles. The van der Waals surface area contributed by atoms with Gasteiger partial charge in [-0.3, -0.25) is 4.79 Å². The number of carbonyl (C=O) groups is 1. The molecule has 0 unspecified atom stereocenters. The fraction of sp³-hybridized carbons (Fsp3) is 0.158. The molecule has 1 N–H and O–H groups in total. The average Bonchev–Trinajstić information content (AvgIpc) is 3.06. The minimum absolute atomic E-state index is 0.234. The number of aryl methyl sites for hydroxylation is 1. The Morgan fingerprint density at radius 2 is 2.08 bits per heavy atom. The standard InChI is InChI=1S/C19H17ClN2O3S/c1-12-10-13(25-22-12)11-26-17-9-4-3-6-14(17)19(23)21-16-8-5-7-15(20)18(16)24-2/h3-10H,11H2,1-2H3,(H,21,23). The third-order valence-electron chi connectivity index (χ3n) is 3.60. The minimum atomic E-state index is -0.234. The molecule has 0 fully saturated rings. The number of nitrogens with one attached hydrogen (secondary N) is 1. The van der Waals surface area contributed by atoms with E-state index in [0.29, 0.717) is 27.8 Å². The van der Waals surface area contributed by atoms with E-state index in [4.69, 9.17) is 20.9 Å². The number of ether oxygens (including phenoxy) is 1. The number of anilines is 1. The van der Waals surface area contributed by atoms with E-state index in [2.05, 4.69) is 10.5 Å². The zero-order valence-corrected chi connectivity index (χ0v) is 15.9. The lowest BCUT2D eigenvalue weighted by molar-refractivity contribution is 0.102. The monoisotopic (exact) mass is 388 g/mol. The molecule has 134 valence electrons. The van der Waals surface area contributed by atoms with Crippen molar-refractivity contribution in [1.82, 2.24) is 5.16 Å². The Morgan fingerprint density at radius 3 is 2.81 bits per heavy atom. The van der Waals surface area contributed by atoms with Gasteiger partial charge in [-0.05, 0) is 31.2 Å². The lowest BCUT2D eigenvalue weighted by Crippen LogP contribution is -2.13. The van der Waals surface area contributed by atoms with Crippen LogP contribution in [0.2, 0.25) is 5.02 Å². The maximum absolute atomic E-state index is 12.8. The van der Waals surface area contributed by atoms with Crippen molar-refractivity contribution in [2.45, 2.75) is 17.6 Å². The van der Waals surface area contributed by atoms with Crippen LogP contribution in [-0.2, 0) is 5.75 Å². The number of halogens is 1. The second-order valence-corrected chi connectivity index (χ2v) is 6.92. The molecule has 5 nitrogen and oxygen atoms in total. The fourth-order valence-electron chi connectivity index (χ4n) is 2.42. The molecule has 0 aliphatic carbocycles. The highest BCUT2D eigenvalue weighted by Crippen LogP contribution is 2.33. The molecule has 0 bridgehead atoms. The summed E-state index contributed by atoms with van der Waals surface area (Å²) in [5.74, 6) is 1.55. The van der Waals surface area contributed by atoms with E-state index in [9.17, 15) is 4.79 Å². The molecule has 0 spiro atoms. The van der Waals surface area contributed by atoms with E-state index in [1.807, 2.05) is 31.2 Å². The van der Waals surface area contributed by atoms with Crippen LogP contribution in [0.15, 0.2) is 57.9 Å². The highest BCUT2D eigenvalue weighted by atomic mass is 35.5. The van der Waals surface area contributed by atoms with E-state index in [-0.39, 0.29) is 5.91 Å². The summed E-state index contributed by atoms with van der Waals surface area (Å²) in [7, 11) is 1.51. The summed E-state index contributed by atoms with van der Waals surface area (Å²) in [6.07, 6.45) is 0. The number of hydrogen-bond acceptors (Lipinski definition) is 5. The van der Waals surface area contributed by atoms with Gasteiger partial charge in [-0.1, -0.05) is 35.0 Å². The number of methoxy groups -OCH3 is 1. The quantitative estimate of drug-likeness (QED) is 0.588. The zero-order valence-electron chi connectivity index (χ0n) is 14.3. The summed E-state index contributed by atoms with van der Waals surface area (Å²) in [6.45, 7) is 1.87. The Bertz CT molecular complexity index is 927. The van der Waals surface area contributed by atoms with Crippen LogP contribution in [0, 0.1) is 6.92 Å². The summed E-state index contributed by atoms with van der Waals surface area (Å²) < 4.78 is 10.5. The fourth-order valence-corrected chi connectivity index (χ4v) is 3.59. The molecule has 3 rings (SSSR count). The first-order valence-corrected chi connectivity index (χ1v) is 9.22. The molecular formula is C19H17ClN2O3S. The van der Waals surface area contributed by atoms with E-state index in [1.54, 1.807) is 24.3 Å². The Labute approximate surface area is 160 Å². The third-order valence-corrected chi connectivity index (χ3v) is 4.99. The zero-order chi connectivity index (χ0) is 18.5. The van der Waals surface area contributed by atoms with Crippen LogP contribution in [0.1, 0.15) is 21.8 Å². The lowest BCUT2D eigenvalue weighted by atomic mass is 10.2. The summed E-state index contributed by atoms with van der Waals surface area (Å²) in [6, 6.07) is 14.5. The summed E-state index contributed by atoms with van der Waals surface area (Å²) in [5.41, 5.74) is 1.92. The molecule has 1 amide bonds. The maximum Gasteiger partial charge on any atom is 0.256 e. The van der Waals surface area contributed by atoms with E-state index < -0.39 is 0 Å². The van der Waals surface area contributed by atoms with Gasteiger partial charge in [0.25, 0.3) is 5.91 Å². The van der Waals surface area contributed by atoms with Gasteiger partial charge in [-0.2, -0.15) is 0 Å². The Kier molecular flexibility index (Phi) is 5.85. The Balaban J connectivity index is 1.78. The number of rotatable bonds is 6. The lowest BCUT2D eigenvalue weighted by Gasteiger charge is -2.13. The number of thioether (sulfide) groups is 1. The van der Waals surface area contributed by atoms with E-state index in [1.165, 1.54) is 18.9 Å². The first-order chi connectivity index (χ1) is 12.6. The highest BCUT2D eigenvalue weighted by molar-refractivity contribution is 7.98. The summed E-state index contributed by atoms with van der Waals surface area (Å²) >= 11 is 7.63. The second-order valence-electron chi connectivity index (χ2n) is 5.49. The van der Waals surface area contributed by atoms with E-state index >= 15 is 0 Å². The molecule has 0 aliphatic rings. The van der Waals surface area contributed by atoms with Crippen LogP contribution in [0.3, 0.4) is 0 Å². The van der Waals surface area contributed by atoms with Crippen LogP contribution >= 0.6 is 23.4 Å². The second kappa shape index (κ2) is 8.29. The molecule has 0 atom stereocenters. The van der Waals surface area contributed by atoms with Gasteiger partial charge in [0, 0.05) is 11.0 Å². The van der Waals surface area contributed by atoms with Crippen molar-refractivity contribution in [3.63, 3.8) is 0 Å². The average molecular weight is 389 g/mol. The normalized spacial score (nSPS) is 10.6. The SMILES string of the molecule is COc1c(Cl)cccc1NC(=O)c1ccccc1SCc1cc(C)no1. The smallest absolute Gasteiger partial charge is 0.256 e. The van der Waals surface area contributed by atoms with Crippen LogP contribution in [0.4, 0.5) is 5.69 Å². The van der Waals surface area contributed by atoms with Crippen molar-refractivity contribution in [3.05, 3.63) is 70.6 Å². The molecule has 26 heavy (non-hydrogen) atoms. The van der Waals surface area contributed by atoms with Crippen molar-refractivity contribution in [3.8, 4) is 5.75 Å². The summed E-state index contributed by atoms with van der Waals surface area (Å²) in [4.78, 5) is 13.6. The van der Waals surface area contributed by atoms with Crippen molar-refractivity contribution in [1.29, 1.82) is 0 Å². The van der Waals surface area contributed by atoms with Gasteiger partial charge in [0.15, 0.2) is 5.75 Å². The van der Waals surface area contributed by atoms with Gasteiger partial charge < -0.3 is 14.6 Å². The third kappa shape index (κ3) is 4.20. The number of nitrogens with zero attached hydrogens (tertiary/aromatic N) is 1. The first-order valence-electron chi connectivity index (χ1n) is 7.86. The van der Waals surface area contributed by atoms with Gasteiger partial charge in [0.2, 0.25) is 0 Å². The van der Waals surface area contributed by atoms with Crippen LogP contribution < -0.4 is 10.1 Å². The van der Waals surface area contributed by atoms with Crippen molar-refractivity contribution in [2.75, 3.05) is 12.4 Å². The molecule has 1 heterocycles. The molecule has 7 heteroatoms. The molecular weight excluding hydrogens is 372 g/mol. The molecule has 0 saturated heterocycles. The van der Waals surface area contributed by atoms with E-state index in [0.717, 1.165) is 16.3 Å². The van der Waals surface area contributed by atoms with Gasteiger partial charge in [0.1, 0.15) is 5.76 Å². The Hall–Kier alpha value is -2.44. The number of benzene rings is 2. The topological polar surface area (TPSA) is 64.4 Å². The summed E-state index contributed by atoms with van der Waals surface area (Å²) in [5, 5.41) is 7.18. The number of hydrogen-bond donors (Lipinski definition) is 1. The molecule has 0 radical (unpaired) electrons. The predicted octanol–water partition coefficient (Wildman–Crippen LogP) is 5.19. The predicted molar refractivity (Wildman–Crippen MR) is 103 cm³/mol. The van der Waals surface area contributed by atoms with Gasteiger partial charge >= 0.3 is 0 Å². The molecule has 3 aromatic rings. The van der Waals surface area contributed by atoms with Crippen molar-refractivity contribution >= 4 is 35.0 Å². The van der Waals surface area contributed by atoms with Crippen molar-refractivity contribution < 1.29 is 14.1 Å². The molecule has 0 saturated carbocycles. The van der Waals surface area contributed by atoms with Gasteiger partial charge in [-0.15, -0.1) is 11.8 Å². The first kappa shape index (κ1) is 18.4. The Morgan fingerprint density at radius 1 is 1.27 bits per heavy atom. The molecule has 0 aliphatic heterocycles. The minimum Gasteiger partial charge on any atom is -0.493 e. The van der Waals surface area contributed by atoms with Gasteiger partial charge in [-0.25, -0.2) is 0 Å². The van der Waals surface area contributed by atoms with Crippen LogP contribution in [0.5, 0.6) is 5.75 Å². The largest absolute Gasteiger partial charge is 0.493 e. The van der Waals surface area contributed by atoms with Crippen LogP contribution in [-0.4, -0.2) is 18.2 Å². The van der Waals surface area contributed by atoms with Crippen molar-refractivity contribution in [2.24, 2.45) is 0 Å².